The summed E-state index contributed by atoms with van der Waals surface area (Å²) in [6.07, 6.45) is 7.70. The number of nitrogens with one attached hydrogen (secondary N) is 1. The molecular formula is C26H34ClN9O2. The molecule has 0 amide bonds. The molecule has 1 atom stereocenters. The highest BCUT2D eigenvalue weighted by molar-refractivity contribution is 6.36. The molecule has 0 radical (unpaired) electrons. The molecule has 12 heteroatoms. The van der Waals surface area contributed by atoms with E-state index in [0.717, 1.165) is 18.7 Å². The quantitative estimate of drug-likeness (QED) is 0.428. The van der Waals surface area contributed by atoms with Crippen molar-refractivity contribution >= 4 is 40.7 Å². The van der Waals surface area contributed by atoms with Crippen molar-refractivity contribution in [3.8, 4) is 5.75 Å². The number of nitrogens with zero attached hydrogens (tertiary/aromatic N) is 7. The van der Waals surface area contributed by atoms with Crippen LogP contribution in [0.5, 0.6) is 5.75 Å². The Labute approximate surface area is 226 Å². The van der Waals surface area contributed by atoms with Gasteiger partial charge in [-0.05, 0) is 18.4 Å². The predicted molar refractivity (Wildman–Crippen MR) is 148 cm³/mol. The molecule has 3 N–H and O–H groups in total. The van der Waals surface area contributed by atoms with Gasteiger partial charge in [-0.2, -0.15) is 10.1 Å². The maximum absolute atomic E-state index is 6.78. The second kappa shape index (κ2) is 10.0. The van der Waals surface area contributed by atoms with Gasteiger partial charge < -0.3 is 19.4 Å². The molecule has 0 bridgehead atoms. The van der Waals surface area contributed by atoms with Crippen LogP contribution in [0.15, 0.2) is 41.1 Å². The van der Waals surface area contributed by atoms with Crippen LogP contribution in [0.1, 0.15) is 52.8 Å². The van der Waals surface area contributed by atoms with E-state index >= 15 is 0 Å². The lowest BCUT2D eigenvalue weighted by molar-refractivity contribution is 0.183. The minimum absolute atomic E-state index is 0.0828. The number of hydrogen-bond donors (Lipinski definition) is 2. The third-order valence-corrected chi connectivity index (χ3v) is 6.73. The van der Waals surface area contributed by atoms with Crippen molar-refractivity contribution in [3.05, 3.63) is 46.8 Å². The van der Waals surface area contributed by atoms with Gasteiger partial charge in [-0.25, -0.2) is 15.8 Å². The van der Waals surface area contributed by atoms with Crippen LogP contribution in [0.3, 0.4) is 0 Å². The molecule has 3 aromatic heterocycles. The third kappa shape index (κ3) is 5.13. The van der Waals surface area contributed by atoms with Gasteiger partial charge in [0.2, 0.25) is 5.95 Å². The number of imidazole rings is 1. The minimum Gasteiger partial charge on any atom is -0.451 e. The molecule has 1 fully saturated rings. The molecule has 0 aliphatic carbocycles. The van der Waals surface area contributed by atoms with Crippen LogP contribution in [0.2, 0.25) is 5.02 Å². The number of aromatic nitrogens is 5. The zero-order chi connectivity index (χ0) is 27.2. The van der Waals surface area contributed by atoms with E-state index < -0.39 is 0 Å². The number of ether oxygens (including phenoxy) is 2. The zero-order valence-electron chi connectivity index (χ0n) is 22.6. The van der Waals surface area contributed by atoms with Crippen LogP contribution in [0.25, 0.3) is 11.2 Å². The SMILES string of the molecule is CC(C)/C=C1/N=CC(Oc2cnc3nc(Nc4cc(C(C)(C)C)n([C@@H]5CCOC5)n4)n(C)c3c2Cl)=CN1N. The second-order valence-corrected chi connectivity index (χ2v) is 11.3. The van der Waals surface area contributed by atoms with Gasteiger partial charge in [0.15, 0.2) is 23.0 Å². The molecule has 5 heterocycles. The van der Waals surface area contributed by atoms with Gasteiger partial charge in [-0.15, -0.1) is 0 Å². The van der Waals surface area contributed by atoms with Crippen molar-refractivity contribution in [2.45, 2.75) is 52.5 Å². The van der Waals surface area contributed by atoms with Crippen molar-refractivity contribution in [1.29, 1.82) is 0 Å². The fourth-order valence-electron chi connectivity index (χ4n) is 4.46. The first-order chi connectivity index (χ1) is 18.0. The predicted octanol–water partition coefficient (Wildman–Crippen LogP) is 4.80. The summed E-state index contributed by atoms with van der Waals surface area (Å²) in [6, 6.07) is 2.28. The Hall–Kier alpha value is -3.41. The highest BCUT2D eigenvalue weighted by Crippen LogP contribution is 2.35. The van der Waals surface area contributed by atoms with Gasteiger partial charge in [0.1, 0.15) is 16.4 Å². The molecule has 1 saturated heterocycles. The largest absolute Gasteiger partial charge is 0.451 e. The first-order valence-electron chi connectivity index (χ1n) is 12.7. The molecule has 2 aliphatic heterocycles. The van der Waals surface area contributed by atoms with Gasteiger partial charge in [-0.1, -0.05) is 46.2 Å². The van der Waals surface area contributed by atoms with Crippen LogP contribution in [-0.4, -0.2) is 48.8 Å². The highest BCUT2D eigenvalue weighted by Gasteiger charge is 2.28. The van der Waals surface area contributed by atoms with Crippen LogP contribution < -0.4 is 15.9 Å². The molecule has 202 valence electrons. The molecule has 2 aliphatic rings. The number of anilines is 2. The van der Waals surface area contributed by atoms with Gasteiger partial charge in [0.05, 0.1) is 31.3 Å². The molecule has 0 unspecified atom stereocenters. The van der Waals surface area contributed by atoms with E-state index in [9.17, 15) is 0 Å². The van der Waals surface area contributed by atoms with Crippen LogP contribution in [0, 0.1) is 5.92 Å². The van der Waals surface area contributed by atoms with E-state index in [-0.39, 0.29) is 11.5 Å². The molecule has 5 rings (SSSR count). The fourth-order valence-corrected chi connectivity index (χ4v) is 4.76. The van der Waals surface area contributed by atoms with Crippen molar-refractivity contribution in [2.24, 2.45) is 23.8 Å². The summed E-state index contributed by atoms with van der Waals surface area (Å²) < 4.78 is 15.5. The normalized spacial score (nSPS) is 19.2. The summed E-state index contributed by atoms with van der Waals surface area (Å²) >= 11 is 6.78. The van der Waals surface area contributed by atoms with Crippen molar-refractivity contribution in [1.82, 2.24) is 29.3 Å². The average molecular weight is 540 g/mol. The lowest BCUT2D eigenvalue weighted by atomic mass is 9.91. The Bertz CT molecular complexity index is 1440. The topological polar surface area (TPSA) is 121 Å². The fraction of sp³-hybridized carbons (Fsp3) is 0.462. The first kappa shape index (κ1) is 26.2. The molecular weight excluding hydrogens is 506 g/mol. The molecule has 3 aromatic rings. The summed E-state index contributed by atoms with van der Waals surface area (Å²) in [5, 5.41) is 10.0. The number of hydrogen-bond acceptors (Lipinski definition) is 9. The Kier molecular flexibility index (Phi) is 6.93. The highest BCUT2D eigenvalue weighted by atomic mass is 35.5. The Morgan fingerprint density at radius 3 is 2.76 bits per heavy atom. The van der Waals surface area contributed by atoms with Crippen LogP contribution in [0.4, 0.5) is 11.8 Å². The standard InChI is InChI=1S/C26H34ClN9O2/c1-15(2)9-21-29-11-17(13-35(21)28)38-18-12-30-24-23(22(18)27)34(6)25(32-24)31-20-10-19(26(3,4)5)36(33-20)16-7-8-37-14-16/h9-13,15-16H,7-8,14,28H2,1-6H3,(H,30,31,32,33)/b21-9-/t16-/m1/s1. The summed E-state index contributed by atoms with van der Waals surface area (Å²) in [6.45, 7) is 12.1. The Morgan fingerprint density at radius 2 is 2.11 bits per heavy atom. The molecule has 0 aromatic carbocycles. The number of aryl methyl sites for hydroxylation is 1. The Balaban J connectivity index is 1.42. The van der Waals surface area contributed by atoms with Crippen molar-refractivity contribution in [3.63, 3.8) is 0 Å². The van der Waals surface area contributed by atoms with Crippen molar-refractivity contribution < 1.29 is 9.47 Å². The van der Waals surface area contributed by atoms with E-state index in [4.69, 9.17) is 32.0 Å². The zero-order valence-corrected chi connectivity index (χ0v) is 23.3. The van der Waals surface area contributed by atoms with E-state index in [2.05, 4.69) is 65.6 Å². The summed E-state index contributed by atoms with van der Waals surface area (Å²) in [4.78, 5) is 13.5. The molecule has 0 saturated carbocycles. The number of hydrazine groups is 1. The number of aliphatic imine (C=N–C) groups is 1. The summed E-state index contributed by atoms with van der Waals surface area (Å²) in [5.74, 6) is 9.12. The number of allylic oxidation sites excluding steroid dienone is 2. The van der Waals surface area contributed by atoms with Gasteiger partial charge in [-0.3, -0.25) is 9.69 Å². The Morgan fingerprint density at radius 1 is 1.32 bits per heavy atom. The van der Waals surface area contributed by atoms with E-state index in [1.165, 1.54) is 5.01 Å². The lowest BCUT2D eigenvalue weighted by Gasteiger charge is -2.22. The summed E-state index contributed by atoms with van der Waals surface area (Å²) in [7, 11) is 1.87. The first-order valence-corrected chi connectivity index (χ1v) is 13.0. The van der Waals surface area contributed by atoms with Gasteiger partial charge in [0.25, 0.3) is 0 Å². The van der Waals surface area contributed by atoms with Gasteiger partial charge in [0, 0.05) is 30.8 Å². The number of halogens is 1. The number of rotatable bonds is 6. The smallest absolute Gasteiger partial charge is 0.210 e. The van der Waals surface area contributed by atoms with E-state index in [1.807, 2.05) is 17.7 Å². The lowest BCUT2D eigenvalue weighted by Crippen LogP contribution is -2.28. The molecule has 38 heavy (non-hydrogen) atoms. The van der Waals surface area contributed by atoms with Gasteiger partial charge >= 0.3 is 0 Å². The van der Waals surface area contributed by atoms with Crippen LogP contribution >= 0.6 is 11.6 Å². The third-order valence-electron chi connectivity index (χ3n) is 6.37. The maximum Gasteiger partial charge on any atom is 0.210 e. The number of fused-ring (bicyclic) bond motifs is 1. The second-order valence-electron chi connectivity index (χ2n) is 10.9. The molecule has 11 nitrogen and oxygen atoms in total. The molecule has 0 spiro atoms. The summed E-state index contributed by atoms with van der Waals surface area (Å²) in [5.41, 5.74) is 2.16. The van der Waals surface area contributed by atoms with E-state index in [1.54, 1.807) is 18.6 Å². The van der Waals surface area contributed by atoms with E-state index in [0.29, 0.717) is 57.8 Å². The van der Waals surface area contributed by atoms with Crippen molar-refractivity contribution in [2.75, 3.05) is 18.5 Å². The average Bonchev–Trinajstić information content (AvgIpc) is 3.57. The van der Waals surface area contributed by atoms with Crippen LogP contribution in [-0.2, 0) is 17.2 Å². The minimum atomic E-state index is -0.0828. The monoisotopic (exact) mass is 539 g/mol. The number of pyridine rings is 1. The number of nitrogens with two attached hydrogens (primary N) is 1. The maximum atomic E-state index is 6.78.